The van der Waals surface area contributed by atoms with Gasteiger partial charge in [-0.1, -0.05) is 11.6 Å². The Morgan fingerprint density at radius 2 is 1.85 bits per heavy atom. The van der Waals surface area contributed by atoms with Gasteiger partial charge in [0.1, 0.15) is 0 Å². The molecule has 0 radical (unpaired) electrons. The maximum Gasteiger partial charge on any atom is 0.0436 e. The van der Waals surface area contributed by atoms with E-state index in [4.69, 9.17) is 11.6 Å². The summed E-state index contributed by atoms with van der Waals surface area (Å²) in [5, 5.41) is 0.843. The van der Waals surface area contributed by atoms with Crippen molar-refractivity contribution in [1.82, 2.24) is 0 Å². The van der Waals surface area contributed by atoms with E-state index in [-0.39, 0.29) is 0 Å². The molecular formula is C11H16ClN. The maximum atomic E-state index is 5.95. The van der Waals surface area contributed by atoms with E-state index in [9.17, 15) is 0 Å². The van der Waals surface area contributed by atoms with Crippen LogP contribution in [-0.2, 0) is 0 Å². The number of benzene rings is 1. The molecule has 0 aliphatic rings. The van der Waals surface area contributed by atoms with Gasteiger partial charge in [0.15, 0.2) is 0 Å². The lowest BCUT2D eigenvalue weighted by Crippen LogP contribution is -2.21. The van der Waals surface area contributed by atoms with E-state index in [2.05, 4.69) is 30.9 Å². The van der Waals surface area contributed by atoms with Crippen LogP contribution in [0.5, 0.6) is 0 Å². The Morgan fingerprint density at radius 1 is 1.23 bits per heavy atom. The molecule has 0 bridgehead atoms. The van der Waals surface area contributed by atoms with E-state index < -0.39 is 0 Å². The summed E-state index contributed by atoms with van der Waals surface area (Å²) in [5.41, 5.74) is 2.40. The van der Waals surface area contributed by atoms with Gasteiger partial charge in [0.2, 0.25) is 0 Å². The molecule has 1 rings (SSSR count). The molecular weight excluding hydrogens is 182 g/mol. The highest BCUT2D eigenvalue weighted by molar-refractivity contribution is 6.31. The van der Waals surface area contributed by atoms with E-state index in [1.54, 1.807) is 0 Å². The maximum absolute atomic E-state index is 5.95. The second-order valence-corrected chi connectivity index (χ2v) is 3.51. The molecule has 0 aromatic heterocycles. The van der Waals surface area contributed by atoms with Crippen molar-refractivity contribution in [1.29, 1.82) is 0 Å². The number of rotatable bonds is 3. The molecule has 1 aromatic rings. The third kappa shape index (κ3) is 2.38. The molecule has 1 aromatic carbocycles. The second kappa shape index (κ2) is 4.52. The Kier molecular flexibility index (Phi) is 3.61. The molecule has 0 N–H and O–H groups in total. The largest absolute Gasteiger partial charge is 0.372 e. The van der Waals surface area contributed by atoms with Crippen molar-refractivity contribution in [2.24, 2.45) is 0 Å². The van der Waals surface area contributed by atoms with Crippen molar-refractivity contribution < 1.29 is 0 Å². The van der Waals surface area contributed by atoms with E-state index in [1.807, 2.05) is 13.0 Å². The van der Waals surface area contributed by atoms with Crippen LogP contribution >= 0.6 is 11.6 Å². The van der Waals surface area contributed by atoms with Crippen LogP contribution in [0.25, 0.3) is 0 Å². The summed E-state index contributed by atoms with van der Waals surface area (Å²) in [4.78, 5) is 2.31. The first-order valence-corrected chi connectivity index (χ1v) is 5.08. The molecule has 2 heteroatoms. The summed E-state index contributed by atoms with van der Waals surface area (Å²) in [5.74, 6) is 0. The van der Waals surface area contributed by atoms with Crippen LogP contribution < -0.4 is 4.90 Å². The monoisotopic (exact) mass is 197 g/mol. The molecule has 0 saturated heterocycles. The van der Waals surface area contributed by atoms with Crippen LogP contribution in [0.2, 0.25) is 5.02 Å². The Balaban J connectivity index is 2.95. The molecule has 0 heterocycles. The van der Waals surface area contributed by atoms with Crippen molar-refractivity contribution >= 4 is 17.3 Å². The zero-order valence-corrected chi connectivity index (χ0v) is 9.23. The highest BCUT2D eigenvalue weighted by Gasteiger charge is 2.02. The van der Waals surface area contributed by atoms with Gasteiger partial charge in [-0.25, -0.2) is 0 Å². The van der Waals surface area contributed by atoms with Crippen LogP contribution in [0.1, 0.15) is 19.4 Å². The number of aryl methyl sites for hydroxylation is 1. The SMILES string of the molecule is CCN(CC)c1ccc(Cl)c(C)c1. The highest BCUT2D eigenvalue weighted by Crippen LogP contribution is 2.22. The molecule has 0 atom stereocenters. The number of hydrogen-bond donors (Lipinski definition) is 0. The average Bonchev–Trinajstić information content (AvgIpc) is 2.13. The molecule has 1 nitrogen and oxygen atoms in total. The topological polar surface area (TPSA) is 3.24 Å². The smallest absolute Gasteiger partial charge is 0.0436 e. The van der Waals surface area contributed by atoms with Crippen LogP contribution in [0.4, 0.5) is 5.69 Å². The van der Waals surface area contributed by atoms with Gasteiger partial charge < -0.3 is 4.90 Å². The number of nitrogens with zero attached hydrogens (tertiary/aromatic N) is 1. The van der Waals surface area contributed by atoms with Crippen molar-refractivity contribution in [3.05, 3.63) is 28.8 Å². The van der Waals surface area contributed by atoms with Crippen LogP contribution in [0.3, 0.4) is 0 Å². The zero-order chi connectivity index (χ0) is 9.84. The first kappa shape index (κ1) is 10.4. The van der Waals surface area contributed by atoms with E-state index in [1.165, 1.54) is 5.69 Å². The zero-order valence-electron chi connectivity index (χ0n) is 8.47. The fourth-order valence-electron chi connectivity index (χ4n) is 1.41. The standard InChI is InChI=1S/C11H16ClN/c1-4-13(5-2)10-6-7-11(12)9(3)8-10/h6-8H,4-5H2,1-3H3. The predicted molar refractivity (Wildman–Crippen MR) is 59.8 cm³/mol. The fourth-order valence-corrected chi connectivity index (χ4v) is 1.53. The quantitative estimate of drug-likeness (QED) is 0.717. The second-order valence-electron chi connectivity index (χ2n) is 3.11. The summed E-state index contributed by atoms with van der Waals surface area (Å²) in [6, 6.07) is 6.17. The average molecular weight is 198 g/mol. The van der Waals surface area contributed by atoms with E-state index in [0.29, 0.717) is 0 Å². The summed E-state index contributed by atoms with van der Waals surface area (Å²) in [6.07, 6.45) is 0. The lowest BCUT2D eigenvalue weighted by atomic mass is 10.2. The van der Waals surface area contributed by atoms with Gasteiger partial charge in [-0.15, -0.1) is 0 Å². The van der Waals surface area contributed by atoms with Crippen LogP contribution in [0, 0.1) is 6.92 Å². The lowest BCUT2D eigenvalue weighted by Gasteiger charge is -2.21. The summed E-state index contributed by atoms with van der Waals surface area (Å²) >= 11 is 5.95. The van der Waals surface area contributed by atoms with Crippen molar-refractivity contribution in [2.45, 2.75) is 20.8 Å². The van der Waals surface area contributed by atoms with Gasteiger partial charge in [0.05, 0.1) is 0 Å². The van der Waals surface area contributed by atoms with Gasteiger partial charge in [-0.05, 0) is 44.5 Å². The predicted octanol–water partition coefficient (Wildman–Crippen LogP) is 3.49. The normalized spacial score (nSPS) is 10.2. The third-order valence-electron chi connectivity index (χ3n) is 2.27. The minimum atomic E-state index is 0.843. The van der Waals surface area contributed by atoms with Crippen LogP contribution in [0.15, 0.2) is 18.2 Å². The Bertz CT molecular complexity index is 279. The lowest BCUT2D eigenvalue weighted by molar-refractivity contribution is 0.865. The first-order chi connectivity index (χ1) is 6.19. The molecule has 0 fully saturated rings. The highest BCUT2D eigenvalue weighted by atomic mass is 35.5. The molecule has 0 saturated carbocycles. The minimum Gasteiger partial charge on any atom is -0.372 e. The summed E-state index contributed by atoms with van der Waals surface area (Å²) in [6.45, 7) is 8.44. The van der Waals surface area contributed by atoms with E-state index in [0.717, 1.165) is 23.7 Å². The summed E-state index contributed by atoms with van der Waals surface area (Å²) < 4.78 is 0. The third-order valence-corrected chi connectivity index (χ3v) is 2.69. The molecule has 72 valence electrons. The van der Waals surface area contributed by atoms with Gasteiger partial charge in [-0.3, -0.25) is 0 Å². The molecule has 0 unspecified atom stereocenters. The first-order valence-electron chi connectivity index (χ1n) is 4.70. The van der Waals surface area contributed by atoms with Gasteiger partial charge in [0.25, 0.3) is 0 Å². The molecule has 13 heavy (non-hydrogen) atoms. The Labute approximate surface area is 85.3 Å². The number of hydrogen-bond acceptors (Lipinski definition) is 1. The molecule has 0 spiro atoms. The van der Waals surface area contributed by atoms with Gasteiger partial charge in [-0.2, -0.15) is 0 Å². The number of halogens is 1. The minimum absolute atomic E-state index is 0.843. The Hall–Kier alpha value is -0.690. The molecule has 0 aliphatic carbocycles. The Morgan fingerprint density at radius 3 is 2.31 bits per heavy atom. The number of anilines is 1. The molecule has 0 aliphatic heterocycles. The van der Waals surface area contributed by atoms with Crippen molar-refractivity contribution in [3.8, 4) is 0 Å². The fraction of sp³-hybridized carbons (Fsp3) is 0.455. The van der Waals surface area contributed by atoms with Crippen molar-refractivity contribution in [3.63, 3.8) is 0 Å². The summed E-state index contributed by atoms with van der Waals surface area (Å²) in [7, 11) is 0. The molecule has 0 amide bonds. The van der Waals surface area contributed by atoms with E-state index >= 15 is 0 Å². The van der Waals surface area contributed by atoms with Gasteiger partial charge >= 0.3 is 0 Å². The van der Waals surface area contributed by atoms with Crippen molar-refractivity contribution in [2.75, 3.05) is 18.0 Å². The van der Waals surface area contributed by atoms with Crippen LogP contribution in [-0.4, -0.2) is 13.1 Å². The van der Waals surface area contributed by atoms with Gasteiger partial charge in [0, 0.05) is 23.8 Å².